The Hall–Kier alpha value is -5.30. The highest BCUT2D eigenvalue weighted by molar-refractivity contribution is 5.98. The molecule has 10 N–H and O–H groups in total. The highest BCUT2D eigenvalue weighted by atomic mass is 16.5. The molecular formula is C52H92N8O12. The third-order valence-corrected chi connectivity index (χ3v) is 12.6. The second-order valence-corrected chi connectivity index (χ2v) is 21.8. The zero-order valence-corrected chi connectivity index (χ0v) is 45.4. The van der Waals surface area contributed by atoms with Crippen LogP contribution in [0.25, 0.3) is 0 Å². The van der Waals surface area contributed by atoms with Gasteiger partial charge in [0, 0.05) is 6.42 Å². The third-order valence-electron chi connectivity index (χ3n) is 12.6. The van der Waals surface area contributed by atoms with Gasteiger partial charge in [-0.2, -0.15) is 0 Å². The minimum Gasteiger partial charge on any atom is -0.481 e. The number of carbonyl (C=O) groups is 10. The molecule has 0 bridgehead atoms. The van der Waals surface area contributed by atoms with Gasteiger partial charge in [-0.05, 0) is 74.0 Å². The van der Waals surface area contributed by atoms with E-state index in [0.29, 0.717) is 18.8 Å². The quantitative estimate of drug-likeness (QED) is 0.0517. The topological polar surface area (TPSA) is 310 Å². The second-order valence-electron chi connectivity index (χ2n) is 21.8. The summed E-state index contributed by atoms with van der Waals surface area (Å²) < 4.78 is 6.07. The molecule has 1 heterocycles. The summed E-state index contributed by atoms with van der Waals surface area (Å²) in [6.45, 7) is 22.0. The molecule has 0 saturated carbocycles. The van der Waals surface area contributed by atoms with Gasteiger partial charge in [-0.25, -0.2) is 4.79 Å². The molecule has 20 heteroatoms. The molecule has 0 aliphatic carbocycles. The average molecular weight is 1020 g/mol. The fraction of sp³-hybridized carbons (Fsp3) is 0.808. The van der Waals surface area contributed by atoms with E-state index in [-0.39, 0.29) is 56.3 Å². The highest BCUT2D eigenvalue weighted by Gasteiger charge is 2.38. The van der Waals surface area contributed by atoms with Crippen LogP contribution in [0.3, 0.4) is 0 Å². The Morgan fingerprint density at radius 1 is 0.542 bits per heavy atom. The van der Waals surface area contributed by atoms with Crippen molar-refractivity contribution >= 4 is 59.2 Å². The van der Waals surface area contributed by atoms with Gasteiger partial charge in [0.15, 0.2) is 0 Å². The van der Waals surface area contributed by atoms with Crippen LogP contribution < -0.4 is 43.0 Å². The van der Waals surface area contributed by atoms with Gasteiger partial charge in [0.2, 0.25) is 47.3 Å². The van der Waals surface area contributed by atoms with E-state index in [1.54, 1.807) is 41.5 Å². The van der Waals surface area contributed by atoms with Gasteiger partial charge in [-0.3, -0.25) is 43.2 Å². The number of hydrogen-bond donors (Lipinski definition) is 9. The van der Waals surface area contributed by atoms with Crippen LogP contribution in [0, 0.1) is 35.5 Å². The van der Waals surface area contributed by atoms with Crippen LogP contribution in [0.15, 0.2) is 0 Å². The van der Waals surface area contributed by atoms with Gasteiger partial charge in [0.25, 0.3) is 0 Å². The van der Waals surface area contributed by atoms with Gasteiger partial charge >= 0.3 is 11.9 Å². The summed E-state index contributed by atoms with van der Waals surface area (Å²) in [5, 5.41) is 28.4. The smallest absolute Gasteiger partial charge is 0.329 e. The molecule has 0 unspecified atom stereocenters. The van der Waals surface area contributed by atoms with Gasteiger partial charge < -0.3 is 52.8 Å². The molecule has 9 atom stereocenters. The molecule has 1 aliphatic rings. The number of carboxylic acid groups (broad SMARTS) is 1. The number of esters is 1. The van der Waals surface area contributed by atoms with Crippen molar-refractivity contribution in [1.82, 2.24) is 37.2 Å². The first-order valence-corrected chi connectivity index (χ1v) is 26.5. The van der Waals surface area contributed by atoms with Crippen LogP contribution in [0.1, 0.15) is 186 Å². The summed E-state index contributed by atoms with van der Waals surface area (Å²) in [4.78, 5) is 137. The van der Waals surface area contributed by atoms with Crippen molar-refractivity contribution in [3.63, 3.8) is 0 Å². The first-order chi connectivity index (χ1) is 33.6. The number of nitrogens with one attached hydrogen (secondary N) is 7. The Morgan fingerprint density at radius 3 is 1.42 bits per heavy atom. The maximum absolute atomic E-state index is 14.3. The fourth-order valence-corrected chi connectivity index (χ4v) is 8.37. The lowest BCUT2D eigenvalue weighted by molar-refractivity contribution is -0.156. The van der Waals surface area contributed by atoms with Gasteiger partial charge in [0.1, 0.15) is 48.4 Å². The van der Waals surface area contributed by atoms with E-state index >= 15 is 0 Å². The summed E-state index contributed by atoms with van der Waals surface area (Å²) in [5.41, 5.74) is 5.49. The molecule has 1 fully saturated rings. The van der Waals surface area contributed by atoms with Crippen molar-refractivity contribution in [1.29, 1.82) is 0 Å². The number of amides is 8. The predicted molar refractivity (Wildman–Crippen MR) is 273 cm³/mol. The molecule has 412 valence electrons. The molecule has 1 saturated heterocycles. The number of ether oxygens (including phenoxy) is 1. The number of aliphatic carboxylic acids is 1. The average Bonchev–Trinajstić information content (AvgIpc) is 3.26. The monoisotopic (exact) mass is 1020 g/mol. The van der Waals surface area contributed by atoms with Crippen LogP contribution in [-0.2, 0) is 52.7 Å². The minimum atomic E-state index is -1.72. The molecule has 1 aliphatic heterocycles. The Kier molecular flexibility index (Phi) is 30.0. The normalized spacial score (nSPS) is 24.6. The summed E-state index contributed by atoms with van der Waals surface area (Å²) in [6, 6.07) is -9.49. The highest BCUT2D eigenvalue weighted by Crippen LogP contribution is 2.20. The van der Waals surface area contributed by atoms with E-state index in [0.717, 1.165) is 38.5 Å². The minimum absolute atomic E-state index is 0.0456. The number of primary amides is 1. The summed E-state index contributed by atoms with van der Waals surface area (Å²) in [6.07, 6.45) is 4.64. The molecule has 0 aromatic carbocycles. The Balaban J connectivity index is 3.99. The van der Waals surface area contributed by atoms with E-state index in [1.807, 2.05) is 27.7 Å². The number of nitrogens with two attached hydrogens (primary N) is 1. The maximum atomic E-state index is 14.3. The molecule has 1 rings (SSSR count). The lowest BCUT2D eigenvalue weighted by Gasteiger charge is -2.30. The number of unbranched alkanes of at least 4 members (excludes halogenated alkanes) is 5. The SMILES string of the molecule is CC[C@H](C)[C@@H]1NC(=O)[C@@H](CC(C)C)NC(=O)[C@H](CC(=O)O)NC(=O)[C@H](C(C)C)NC(=O)[C@@H](CC(C)C)NC(=O)[C@H](CC(C)C)NC(=O)[C@H](CCC(N)=O)NC(=O)C[C@H](CCCCCCCCC(C)C)OC1=O. The van der Waals surface area contributed by atoms with Crippen LogP contribution >= 0.6 is 0 Å². The zero-order chi connectivity index (χ0) is 54.8. The van der Waals surface area contributed by atoms with Crippen molar-refractivity contribution in [2.45, 2.75) is 234 Å². The van der Waals surface area contributed by atoms with E-state index in [9.17, 15) is 53.1 Å². The zero-order valence-electron chi connectivity index (χ0n) is 45.4. The number of hydrogen-bond acceptors (Lipinski definition) is 11. The Morgan fingerprint density at radius 2 is 0.972 bits per heavy atom. The van der Waals surface area contributed by atoms with E-state index < -0.39 is 132 Å². The molecule has 20 nitrogen and oxygen atoms in total. The second kappa shape index (κ2) is 33.4. The first kappa shape index (κ1) is 64.7. The lowest BCUT2D eigenvalue weighted by Crippen LogP contribution is -2.61. The van der Waals surface area contributed by atoms with Gasteiger partial charge in [-0.15, -0.1) is 0 Å². The largest absolute Gasteiger partial charge is 0.481 e. The number of carboxylic acids is 1. The Bertz CT molecular complexity index is 1790. The standard InChI is InChI=1S/C52H92N8O12/c1-13-34(12)45-52(71)72-35(21-19-17-15-14-16-18-20-29(2)3)27-42(62)54-36(22-23-41(53)61)46(65)55-37(24-30(4)5)47(66)56-38(25-31(6)7)49(68)59-44(33(10)11)51(70)58-40(28-43(63)64)48(67)57-39(26-32(8)9)50(69)60-45/h29-40,44-45H,13-28H2,1-12H3,(H2,53,61)(H,54,62)(H,55,65)(H,56,66)(H,57,67)(H,58,70)(H,59,68)(H,60,69)(H,63,64)/t34-,35-,36-,37-,38+,39+,40-,44-,45-/m0/s1. The van der Waals surface area contributed by atoms with E-state index in [1.165, 1.54) is 0 Å². The van der Waals surface area contributed by atoms with E-state index in [2.05, 4.69) is 51.1 Å². The predicted octanol–water partition coefficient (Wildman–Crippen LogP) is 4.05. The molecule has 72 heavy (non-hydrogen) atoms. The van der Waals surface area contributed by atoms with Gasteiger partial charge in [-0.1, -0.05) is 128 Å². The number of cyclic esters (lactones) is 1. The molecule has 0 spiro atoms. The molecule has 0 aromatic heterocycles. The van der Waals surface area contributed by atoms with E-state index in [4.69, 9.17) is 10.5 Å². The first-order valence-electron chi connectivity index (χ1n) is 26.5. The Labute approximate surface area is 428 Å². The molecule has 0 radical (unpaired) electrons. The third kappa shape index (κ3) is 25.9. The van der Waals surface area contributed by atoms with Crippen molar-refractivity contribution in [2.75, 3.05) is 0 Å². The van der Waals surface area contributed by atoms with Crippen molar-refractivity contribution in [3.05, 3.63) is 0 Å². The number of carbonyl (C=O) groups excluding carboxylic acids is 9. The van der Waals surface area contributed by atoms with Gasteiger partial charge in [0.05, 0.1) is 12.8 Å². The molecule has 0 aromatic rings. The fourth-order valence-electron chi connectivity index (χ4n) is 8.37. The van der Waals surface area contributed by atoms with Crippen LogP contribution in [0.5, 0.6) is 0 Å². The van der Waals surface area contributed by atoms with Crippen LogP contribution in [0.4, 0.5) is 0 Å². The summed E-state index contributed by atoms with van der Waals surface area (Å²) in [7, 11) is 0. The van der Waals surface area contributed by atoms with Crippen LogP contribution in [0.2, 0.25) is 0 Å². The summed E-state index contributed by atoms with van der Waals surface area (Å²) in [5.74, 6) is -9.80. The number of rotatable bonds is 23. The maximum Gasteiger partial charge on any atom is 0.329 e. The summed E-state index contributed by atoms with van der Waals surface area (Å²) >= 11 is 0. The molecular weight excluding hydrogens is 929 g/mol. The van der Waals surface area contributed by atoms with Crippen molar-refractivity contribution in [2.24, 2.45) is 41.2 Å². The van der Waals surface area contributed by atoms with Crippen LogP contribution in [-0.4, -0.2) is 113 Å². The van der Waals surface area contributed by atoms with Crippen molar-refractivity contribution < 1.29 is 57.8 Å². The lowest BCUT2D eigenvalue weighted by atomic mass is 9.97. The van der Waals surface area contributed by atoms with Crippen molar-refractivity contribution in [3.8, 4) is 0 Å². The molecule has 8 amide bonds.